The van der Waals surface area contributed by atoms with Gasteiger partial charge in [-0.15, -0.1) is 0 Å². The molecule has 0 fully saturated rings. The number of amides is 1. The predicted molar refractivity (Wildman–Crippen MR) is 109 cm³/mol. The van der Waals surface area contributed by atoms with Crippen molar-refractivity contribution in [2.24, 2.45) is 0 Å². The largest absolute Gasteiger partial charge is 0.497 e. The first kappa shape index (κ1) is 15.6. The zero-order valence-electron chi connectivity index (χ0n) is 14.8. The minimum atomic E-state index is 0.0219. The van der Waals surface area contributed by atoms with E-state index in [1.165, 1.54) is 0 Å². The SMILES string of the molecule is COc1ccc(-c2ccc3c4c(cccc24)C(=O)N3c2ccccc2)cc1. The van der Waals surface area contributed by atoms with Gasteiger partial charge in [-0.05, 0) is 52.9 Å². The van der Waals surface area contributed by atoms with E-state index in [0.29, 0.717) is 0 Å². The van der Waals surface area contributed by atoms with Crippen molar-refractivity contribution in [2.45, 2.75) is 0 Å². The highest BCUT2D eigenvalue weighted by Gasteiger charge is 2.31. The number of hydrogen-bond donors (Lipinski definition) is 0. The number of rotatable bonds is 3. The van der Waals surface area contributed by atoms with Gasteiger partial charge in [0.15, 0.2) is 0 Å². The van der Waals surface area contributed by atoms with Crippen LogP contribution in [0.2, 0.25) is 0 Å². The summed E-state index contributed by atoms with van der Waals surface area (Å²) in [7, 11) is 1.66. The van der Waals surface area contributed by atoms with E-state index in [-0.39, 0.29) is 5.91 Å². The van der Waals surface area contributed by atoms with Crippen LogP contribution in [0.1, 0.15) is 10.4 Å². The molecule has 0 saturated carbocycles. The molecular formula is C24H17NO2. The summed E-state index contributed by atoms with van der Waals surface area (Å²) < 4.78 is 5.27. The zero-order chi connectivity index (χ0) is 18.4. The molecule has 1 heterocycles. The number of carbonyl (C=O) groups excluding carboxylic acids is 1. The van der Waals surface area contributed by atoms with Crippen molar-refractivity contribution in [2.75, 3.05) is 12.0 Å². The number of anilines is 2. The van der Waals surface area contributed by atoms with E-state index in [9.17, 15) is 4.79 Å². The van der Waals surface area contributed by atoms with Gasteiger partial charge in [-0.2, -0.15) is 0 Å². The van der Waals surface area contributed by atoms with Crippen LogP contribution in [0.25, 0.3) is 21.9 Å². The number of benzene rings is 4. The van der Waals surface area contributed by atoms with Gasteiger partial charge >= 0.3 is 0 Å². The van der Waals surface area contributed by atoms with Crippen molar-refractivity contribution in [3.63, 3.8) is 0 Å². The molecule has 0 unspecified atom stereocenters. The van der Waals surface area contributed by atoms with E-state index >= 15 is 0 Å². The monoisotopic (exact) mass is 351 g/mol. The fourth-order valence-electron chi connectivity index (χ4n) is 3.84. The Morgan fingerprint density at radius 3 is 2.26 bits per heavy atom. The maximum atomic E-state index is 13.1. The molecule has 5 rings (SSSR count). The first-order valence-corrected chi connectivity index (χ1v) is 8.87. The standard InChI is InChI=1S/C24H17NO2/c1-27-18-12-10-16(11-13-18)19-14-15-22-23-20(19)8-5-9-21(23)24(26)25(22)17-6-3-2-4-7-17/h2-15H,1H3. The minimum Gasteiger partial charge on any atom is -0.497 e. The third-order valence-electron chi connectivity index (χ3n) is 5.11. The highest BCUT2D eigenvalue weighted by Crippen LogP contribution is 2.44. The van der Waals surface area contributed by atoms with Crippen LogP contribution >= 0.6 is 0 Å². The maximum Gasteiger partial charge on any atom is 0.263 e. The molecule has 27 heavy (non-hydrogen) atoms. The number of methoxy groups -OCH3 is 1. The van der Waals surface area contributed by atoms with Gasteiger partial charge in [-0.25, -0.2) is 0 Å². The van der Waals surface area contributed by atoms with Gasteiger partial charge in [0.1, 0.15) is 5.75 Å². The molecule has 0 saturated heterocycles. The fraction of sp³-hybridized carbons (Fsp3) is 0.0417. The highest BCUT2D eigenvalue weighted by atomic mass is 16.5. The molecule has 0 spiro atoms. The molecule has 3 heteroatoms. The Bertz CT molecular complexity index is 1160. The van der Waals surface area contributed by atoms with Gasteiger partial charge in [0.2, 0.25) is 0 Å². The Morgan fingerprint density at radius 1 is 0.741 bits per heavy atom. The summed E-state index contributed by atoms with van der Waals surface area (Å²) in [5, 5.41) is 2.10. The van der Waals surface area contributed by atoms with E-state index in [1.807, 2.05) is 60.7 Å². The normalized spacial score (nSPS) is 12.6. The van der Waals surface area contributed by atoms with Crippen LogP contribution in [0.15, 0.2) is 84.9 Å². The summed E-state index contributed by atoms with van der Waals surface area (Å²) >= 11 is 0. The molecule has 0 atom stereocenters. The van der Waals surface area contributed by atoms with Gasteiger partial charge in [-0.1, -0.05) is 48.5 Å². The van der Waals surface area contributed by atoms with Gasteiger partial charge < -0.3 is 4.74 Å². The van der Waals surface area contributed by atoms with Crippen LogP contribution in [0, 0.1) is 0 Å². The first-order valence-electron chi connectivity index (χ1n) is 8.87. The second-order valence-corrected chi connectivity index (χ2v) is 6.56. The molecule has 1 aliphatic heterocycles. The molecule has 0 aromatic heterocycles. The quantitative estimate of drug-likeness (QED) is 0.466. The number of nitrogens with zero attached hydrogens (tertiary/aromatic N) is 1. The molecule has 0 aliphatic carbocycles. The third kappa shape index (κ3) is 2.32. The number of ether oxygens (including phenoxy) is 1. The number of carbonyl (C=O) groups is 1. The first-order chi connectivity index (χ1) is 13.3. The molecule has 130 valence electrons. The van der Waals surface area contributed by atoms with E-state index in [0.717, 1.165) is 44.6 Å². The average molecular weight is 351 g/mol. The molecule has 0 radical (unpaired) electrons. The third-order valence-corrected chi connectivity index (χ3v) is 5.11. The van der Waals surface area contributed by atoms with Gasteiger partial charge in [0.05, 0.1) is 18.4 Å². The highest BCUT2D eigenvalue weighted by molar-refractivity contribution is 6.29. The van der Waals surface area contributed by atoms with Crippen molar-refractivity contribution in [3.8, 4) is 16.9 Å². The lowest BCUT2D eigenvalue weighted by atomic mass is 9.96. The Kier molecular flexibility index (Phi) is 3.47. The molecule has 3 nitrogen and oxygen atoms in total. The second kappa shape index (κ2) is 5.99. The Balaban J connectivity index is 1.73. The Morgan fingerprint density at radius 2 is 1.52 bits per heavy atom. The van der Waals surface area contributed by atoms with Crippen molar-refractivity contribution in [1.29, 1.82) is 0 Å². The summed E-state index contributed by atoms with van der Waals surface area (Å²) in [6.07, 6.45) is 0. The molecule has 4 aromatic carbocycles. The number of hydrogen-bond acceptors (Lipinski definition) is 2. The van der Waals surface area contributed by atoms with Crippen molar-refractivity contribution in [1.82, 2.24) is 0 Å². The molecule has 1 amide bonds. The van der Waals surface area contributed by atoms with E-state index in [1.54, 1.807) is 12.0 Å². The molecular weight excluding hydrogens is 334 g/mol. The number of para-hydroxylation sites is 1. The summed E-state index contributed by atoms with van der Waals surface area (Å²) in [5.41, 5.74) is 4.79. The van der Waals surface area contributed by atoms with Gasteiger partial charge in [0.25, 0.3) is 5.91 Å². The lowest BCUT2D eigenvalue weighted by Crippen LogP contribution is -2.20. The van der Waals surface area contributed by atoms with E-state index in [2.05, 4.69) is 24.3 Å². The lowest BCUT2D eigenvalue weighted by molar-refractivity contribution is 0.100. The molecule has 4 aromatic rings. The summed E-state index contributed by atoms with van der Waals surface area (Å²) in [4.78, 5) is 14.9. The van der Waals surface area contributed by atoms with Gasteiger partial charge in [0, 0.05) is 11.1 Å². The van der Waals surface area contributed by atoms with E-state index in [4.69, 9.17) is 4.74 Å². The molecule has 0 bridgehead atoms. The second-order valence-electron chi connectivity index (χ2n) is 6.56. The van der Waals surface area contributed by atoms with Crippen LogP contribution in [-0.4, -0.2) is 13.0 Å². The minimum absolute atomic E-state index is 0.0219. The van der Waals surface area contributed by atoms with Crippen LogP contribution < -0.4 is 9.64 Å². The van der Waals surface area contributed by atoms with Crippen LogP contribution in [0.5, 0.6) is 5.75 Å². The summed E-state index contributed by atoms with van der Waals surface area (Å²) in [6.45, 7) is 0. The zero-order valence-corrected chi connectivity index (χ0v) is 14.8. The Labute approximate surface area is 157 Å². The van der Waals surface area contributed by atoms with E-state index < -0.39 is 0 Å². The Hall–Kier alpha value is -3.59. The van der Waals surface area contributed by atoms with Crippen molar-refractivity contribution in [3.05, 3.63) is 90.5 Å². The average Bonchev–Trinajstić information content (AvgIpc) is 3.03. The molecule has 0 N–H and O–H groups in total. The topological polar surface area (TPSA) is 29.5 Å². The van der Waals surface area contributed by atoms with Crippen LogP contribution in [0.4, 0.5) is 11.4 Å². The fourth-order valence-corrected chi connectivity index (χ4v) is 3.84. The summed E-state index contributed by atoms with van der Waals surface area (Å²) in [6, 6.07) is 27.9. The maximum absolute atomic E-state index is 13.1. The molecule has 1 aliphatic rings. The smallest absolute Gasteiger partial charge is 0.263 e. The van der Waals surface area contributed by atoms with Crippen molar-refractivity contribution >= 4 is 28.1 Å². The summed E-state index contributed by atoms with van der Waals surface area (Å²) in [5.74, 6) is 0.851. The van der Waals surface area contributed by atoms with Crippen LogP contribution in [0.3, 0.4) is 0 Å². The van der Waals surface area contributed by atoms with Gasteiger partial charge in [-0.3, -0.25) is 9.69 Å². The van der Waals surface area contributed by atoms with Crippen molar-refractivity contribution < 1.29 is 9.53 Å². The lowest BCUT2D eigenvalue weighted by Gasteiger charge is -2.18. The predicted octanol–water partition coefficient (Wildman–Crippen LogP) is 5.81. The van der Waals surface area contributed by atoms with Crippen LogP contribution in [-0.2, 0) is 0 Å².